The van der Waals surface area contributed by atoms with Crippen molar-refractivity contribution in [2.45, 2.75) is 58.3 Å². The zero-order valence-electron chi connectivity index (χ0n) is 11.8. The summed E-state index contributed by atoms with van der Waals surface area (Å²) in [7, 11) is 1.40. The molecule has 18 heavy (non-hydrogen) atoms. The Kier molecular flexibility index (Phi) is 6.36. The van der Waals surface area contributed by atoms with Crippen LogP contribution in [0, 0.1) is 0 Å². The van der Waals surface area contributed by atoms with Crippen LogP contribution in [0.25, 0.3) is 0 Å². The molecule has 1 heterocycles. The third kappa shape index (κ3) is 4.78. The average molecular weight is 256 g/mol. The van der Waals surface area contributed by atoms with Crippen molar-refractivity contribution in [1.82, 2.24) is 0 Å². The van der Waals surface area contributed by atoms with E-state index in [2.05, 4.69) is 13.8 Å². The number of methoxy groups -OCH3 is 1. The Hall–Kier alpha value is -0.870. The zero-order chi connectivity index (χ0) is 13.5. The van der Waals surface area contributed by atoms with Gasteiger partial charge in [0.05, 0.1) is 32.0 Å². The molecule has 1 aliphatic rings. The second-order valence-electron chi connectivity index (χ2n) is 4.76. The van der Waals surface area contributed by atoms with Crippen molar-refractivity contribution in [2.24, 2.45) is 0 Å². The number of ether oxygens (including phenoxy) is 3. The summed E-state index contributed by atoms with van der Waals surface area (Å²) in [5, 5.41) is 0. The first-order chi connectivity index (χ1) is 8.56. The molecule has 0 radical (unpaired) electrons. The van der Waals surface area contributed by atoms with Crippen molar-refractivity contribution in [3.8, 4) is 0 Å². The Balaban J connectivity index is 2.40. The van der Waals surface area contributed by atoms with Crippen LogP contribution in [-0.2, 0) is 19.0 Å². The first-order valence-electron chi connectivity index (χ1n) is 6.61. The molecule has 0 aliphatic carbocycles. The van der Waals surface area contributed by atoms with Gasteiger partial charge in [0, 0.05) is 5.57 Å². The van der Waals surface area contributed by atoms with Crippen molar-refractivity contribution in [3.63, 3.8) is 0 Å². The first-order valence-corrected chi connectivity index (χ1v) is 6.61. The van der Waals surface area contributed by atoms with Gasteiger partial charge in [-0.25, -0.2) is 4.79 Å². The van der Waals surface area contributed by atoms with E-state index in [1.54, 1.807) is 0 Å². The van der Waals surface area contributed by atoms with Gasteiger partial charge < -0.3 is 14.2 Å². The van der Waals surface area contributed by atoms with Crippen molar-refractivity contribution in [3.05, 3.63) is 11.6 Å². The minimum absolute atomic E-state index is 0.218. The molecule has 1 saturated heterocycles. The smallest absolute Gasteiger partial charge is 0.333 e. The van der Waals surface area contributed by atoms with Crippen LogP contribution in [0.5, 0.6) is 0 Å². The van der Waals surface area contributed by atoms with Gasteiger partial charge in [0.2, 0.25) is 0 Å². The fraction of sp³-hybridized carbons (Fsp3) is 0.786. The zero-order valence-corrected chi connectivity index (χ0v) is 11.8. The summed E-state index contributed by atoms with van der Waals surface area (Å²) >= 11 is 0. The van der Waals surface area contributed by atoms with Crippen LogP contribution >= 0.6 is 0 Å². The van der Waals surface area contributed by atoms with Gasteiger partial charge in [-0.15, -0.1) is 0 Å². The molecule has 0 spiro atoms. The van der Waals surface area contributed by atoms with Crippen molar-refractivity contribution in [1.29, 1.82) is 0 Å². The molecule has 0 amide bonds. The lowest BCUT2D eigenvalue weighted by Gasteiger charge is -2.31. The fourth-order valence-electron chi connectivity index (χ4n) is 2.27. The quantitative estimate of drug-likeness (QED) is 0.560. The topological polar surface area (TPSA) is 44.8 Å². The lowest BCUT2D eigenvalue weighted by molar-refractivity contribution is -0.136. The number of rotatable bonds is 5. The van der Waals surface area contributed by atoms with Crippen molar-refractivity contribution < 1.29 is 19.0 Å². The molecule has 4 nitrogen and oxygen atoms in total. The van der Waals surface area contributed by atoms with Gasteiger partial charge in [0.25, 0.3) is 0 Å². The van der Waals surface area contributed by atoms with Crippen LogP contribution < -0.4 is 0 Å². The number of hydrogen-bond donors (Lipinski definition) is 0. The first kappa shape index (κ1) is 15.2. The highest BCUT2D eigenvalue weighted by molar-refractivity contribution is 5.88. The number of hydrogen-bond acceptors (Lipinski definition) is 4. The molecule has 4 heteroatoms. The minimum atomic E-state index is -0.269. The maximum absolute atomic E-state index is 11.4. The molecule has 2 unspecified atom stereocenters. The highest BCUT2D eigenvalue weighted by atomic mass is 16.5. The third-order valence-electron chi connectivity index (χ3n) is 3.14. The van der Waals surface area contributed by atoms with Gasteiger partial charge >= 0.3 is 5.97 Å². The SMILES string of the molecule is CCC(=CCOC1CC(C)OC(C)C1)C(=O)OC. The molecule has 0 aromatic rings. The molecule has 2 atom stereocenters. The maximum atomic E-state index is 11.4. The van der Waals surface area contributed by atoms with E-state index in [9.17, 15) is 4.79 Å². The molecular weight excluding hydrogens is 232 g/mol. The average Bonchev–Trinajstić information content (AvgIpc) is 2.32. The maximum Gasteiger partial charge on any atom is 0.333 e. The molecular formula is C14H24O4. The van der Waals surface area contributed by atoms with Crippen LogP contribution in [0.1, 0.15) is 40.0 Å². The summed E-state index contributed by atoms with van der Waals surface area (Å²) < 4.78 is 16.1. The van der Waals surface area contributed by atoms with E-state index < -0.39 is 0 Å². The molecule has 1 aliphatic heterocycles. The molecule has 0 bridgehead atoms. The number of carbonyl (C=O) groups is 1. The molecule has 0 N–H and O–H groups in total. The number of esters is 1. The highest BCUT2D eigenvalue weighted by Gasteiger charge is 2.24. The second-order valence-corrected chi connectivity index (χ2v) is 4.76. The molecule has 0 aromatic heterocycles. The second kappa shape index (κ2) is 7.54. The minimum Gasteiger partial charge on any atom is -0.466 e. The van der Waals surface area contributed by atoms with Crippen molar-refractivity contribution >= 4 is 5.97 Å². The molecule has 1 rings (SSSR count). The van der Waals surface area contributed by atoms with Gasteiger partial charge in [-0.1, -0.05) is 6.92 Å². The van der Waals surface area contributed by atoms with Gasteiger partial charge in [-0.3, -0.25) is 0 Å². The summed E-state index contributed by atoms with van der Waals surface area (Å²) in [5.74, 6) is -0.269. The summed E-state index contributed by atoms with van der Waals surface area (Å²) in [5.41, 5.74) is 0.672. The standard InChI is InChI=1S/C14H24O4/c1-5-12(14(15)16-4)6-7-17-13-8-10(2)18-11(3)9-13/h6,10-11,13H,5,7-9H2,1-4H3. The van der Waals surface area contributed by atoms with E-state index in [4.69, 9.17) is 14.2 Å². The van der Waals surface area contributed by atoms with Gasteiger partial charge in [0.1, 0.15) is 0 Å². The van der Waals surface area contributed by atoms with Crippen LogP contribution in [0.2, 0.25) is 0 Å². The molecule has 104 valence electrons. The predicted octanol–water partition coefficient (Wildman–Crippen LogP) is 2.47. The normalized spacial score (nSPS) is 29.1. The molecule has 1 fully saturated rings. The highest BCUT2D eigenvalue weighted by Crippen LogP contribution is 2.21. The van der Waals surface area contributed by atoms with E-state index in [0.717, 1.165) is 12.8 Å². The van der Waals surface area contributed by atoms with E-state index in [1.165, 1.54) is 7.11 Å². The Morgan fingerprint density at radius 3 is 2.44 bits per heavy atom. The van der Waals surface area contributed by atoms with E-state index >= 15 is 0 Å². The van der Waals surface area contributed by atoms with E-state index in [1.807, 2.05) is 13.0 Å². The predicted molar refractivity (Wildman–Crippen MR) is 69.4 cm³/mol. The largest absolute Gasteiger partial charge is 0.466 e. The fourth-order valence-corrected chi connectivity index (χ4v) is 2.27. The number of carbonyl (C=O) groups excluding carboxylic acids is 1. The monoisotopic (exact) mass is 256 g/mol. The molecule has 0 saturated carbocycles. The van der Waals surface area contributed by atoms with E-state index in [-0.39, 0.29) is 24.3 Å². The van der Waals surface area contributed by atoms with Crippen LogP contribution in [0.15, 0.2) is 11.6 Å². The summed E-state index contributed by atoms with van der Waals surface area (Å²) in [6.07, 6.45) is 5.02. The van der Waals surface area contributed by atoms with E-state index in [0.29, 0.717) is 18.6 Å². The Morgan fingerprint density at radius 2 is 1.94 bits per heavy atom. The lowest BCUT2D eigenvalue weighted by atomic mass is 10.0. The third-order valence-corrected chi connectivity index (χ3v) is 3.14. The summed E-state index contributed by atoms with van der Waals surface area (Å²) in [6.45, 7) is 6.52. The Labute approximate surface area is 109 Å². The van der Waals surface area contributed by atoms with Gasteiger partial charge in [-0.05, 0) is 39.2 Å². The molecule has 0 aromatic carbocycles. The summed E-state index contributed by atoms with van der Waals surface area (Å²) in [6, 6.07) is 0. The van der Waals surface area contributed by atoms with Crippen LogP contribution in [0.3, 0.4) is 0 Å². The van der Waals surface area contributed by atoms with Gasteiger partial charge in [0.15, 0.2) is 0 Å². The summed E-state index contributed by atoms with van der Waals surface area (Å²) in [4.78, 5) is 11.4. The lowest BCUT2D eigenvalue weighted by Crippen LogP contribution is -2.34. The Morgan fingerprint density at radius 1 is 1.33 bits per heavy atom. The Bertz CT molecular complexity index is 288. The van der Waals surface area contributed by atoms with Gasteiger partial charge in [-0.2, -0.15) is 0 Å². The van der Waals surface area contributed by atoms with Crippen LogP contribution in [0.4, 0.5) is 0 Å². The van der Waals surface area contributed by atoms with Crippen molar-refractivity contribution in [2.75, 3.05) is 13.7 Å². The van der Waals surface area contributed by atoms with Crippen LogP contribution in [-0.4, -0.2) is 38.0 Å².